The molecule has 1 aromatic carbocycles. The third-order valence-electron chi connectivity index (χ3n) is 2.38. The number of aromatic nitrogens is 1. The first-order chi connectivity index (χ1) is 8.99. The standard InChI is InChI=1S/C12H12N2O3S2/c1-9-13-8-12(18-9)19(16,17)14-7-11(15)10-5-3-2-4-6-10/h2-6,8,14H,7H2,1H3. The zero-order valence-corrected chi connectivity index (χ0v) is 11.8. The molecular formula is C12H12N2O3S2. The minimum Gasteiger partial charge on any atom is -0.293 e. The smallest absolute Gasteiger partial charge is 0.252 e. The largest absolute Gasteiger partial charge is 0.293 e. The van der Waals surface area contributed by atoms with Crippen LogP contribution in [0.15, 0.2) is 40.7 Å². The second-order valence-electron chi connectivity index (χ2n) is 3.81. The summed E-state index contributed by atoms with van der Waals surface area (Å²) >= 11 is 1.07. The highest BCUT2D eigenvalue weighted by Crippen LogP contribution is 2.17. The van der Waals surface area contributed by atoms with Gasteiger partial charge in [0.1, 0.15) is 0 Å². The van der Waals surface area contributed by atoms with Gasteiger partial charge in [-0.25, -0.2) is 18.1 Å². The lowest BCUT2D eigenvalue weighted by molar-refractivity contribution is 0.0997. The van der Waals surface area contributed by atoms with E-state index in [2.05, 4.69) is 9.71 Å². The molecule has 5 nitrogen and oxygen atoms in total. The van der Waals surface area contributed by atoms with Gasteiger partial charge < -0.3 is 0 Å². The molecule has 0 saturated heterocycles. The van der Waals surface area contributed by atoms with Gasteiger partial charge in [0, 0.05) is 5.56 Å². The van der Waals surface area contributed by atoms with Gasteiger partial charge in [0.05, 0.1) is 17.7 Å². The minimum absolute atomic E-state index is 0.117. The quantitative estimate of drug-likeness (QED) is 0.851. The van der Waals surface area contributed by atoms with E-state index in [0.717, 1.165) is 11.3 Å². The maximum absolute atomic E-state index is 11.9. The Hall–Kier alpha value is -1.57. The van der Waals surface area contributed by atoms with E-state index in [1.165, 1.54) is 6.20 Å². The highest BCUT2D eigenvalue weighted by Gasteiger charge is 2.18. The van der Waals surface area contributed by atoms with Crippen LogP contribution in [0, 0.1) is 6.92 Å². The van der Waals surface area contributed by atoms with Crippen molar-refractivity contribution in [3.05, 3.63) is 47.1 Å². The number of carbonyl (C=O) groups excluding carboxylic acids is 1. The fraction of sp³-hybridized carbons (Fsp3) is 0.167. The number of nitrogens with one attached hydrogen (secondary N) is 1. The molecule has 0 atom stereocenters. The van der Waals surface area contributed by atoms with E-state index in [-0.39, 0.29) is 16.5 Å². The lowest BCUT2D eigenvalue weighted by atomic mass is 10.1. The summed E-state index contributed by atoms with van der Waals surface area (Å²) in [6, 6.07) is 8.55. The Morgan fingerprint density at radius 1 is 1.32 bits per heavy atom. The van der Waals surface area contributed by atoms with Crippen molar-refractivity contribution >= 4 is 27.1 Å². The second-order valence-corrected chi connectivity index (χ2v) is 7.04. The van der Waals surface area contributed by atoms with Crippen LogP contribution < -0.4 is 4.72 Å². The summed E-state index contributed by atoms with van der Waals surface area (Å²) in [4.78, 5) is 15.7. The Balaban J connectivity index is 2.05. The fourth-order valence-electron chi connectivity index (χ4n) is 1.42. The molecule has 1 aromatic heterocycles. The zero-order valence-electron chi connectivity index (χ0n) is 10.2. The number of nitrogens with zero attached hydrogens (tertiary/aromatic N) is 1. The fourth-order valence-corrected chi connectivity index (χ4v) is 3.56. The van der Waals surface area contributed by atoms with E-state index >= 15 is 0 Å². The Morgan fingerprint density at radius 2 is 2.00 bits per heavy atom. The molecule has 0 bridgehead atoms. The van der Waals surface area contributed by atoms with E-state index in [4.69, 9.17) is 0 Å². The van der Waals surface area contributed by atoms with E-state index in [9.17, 15) is 13.2 Å². The number of benzene rings is 1. The Bertz CT molecular complexity index is 678. The van der Waals surface area contributed by atoms with E-state index in [1.807, 2.05) is 0 Å². The Morgan fingerprint density at radius 3 is 2.58 bits per heavy atom. The average molecular weight is 296 g/mol. The predicted octanol–water partition coefficient (Wildman–Crippen LogP) is 1.61. The van der Waals surface area contributed by atoms with Gasteiger partial charge in [-0.05, 0) is 6.92 Å². The van der Waals surface area contributed by atoms with Gasteiger partial charge in [-0.1, -0.05) is 30.3 Å². The molecule has 0 aliphatic rings. The summed E-state index contributed by atoms with van der Waals surface area (Å²) in [6.07, 6.45) is 1.29. The van der Waals surface area contributed by atoms with Crippen LogP contribution in [0.3, 0.4) is 0 Å². The van der Waals surface area contributed by atoms with Crippen molar-refractivity contribution in [2.24, 2.45) is 0 Å². The first-order valence-corrected chi connectivity index (χ1v) is 7.79. The van der Waals surface area contributed by atoms with Gasteiger partial charge >= 0.3 is 0 Å². The molecule has 0 amide bonds. The van der Waals surface area contributed by atoms with Crippen molar-refractivity contribution in [2.45, 2.75) is 11.1 Å². The van der Waals surface area contributed by atoms with Crippen LogP contribution in [0.25, 0.3) is 0 Å². The summed E-state index contributed by atoms with van der Waals surface area (Å²) in [5.74, 6) is -0.273. The molecule has 100 valence electrons. The molecule has 0 radical (unpaired) electrons. The molecule has 2 aromatic rings. The van der Waals surface area contributed by atoms with E-state index < -0.39 is 10.0 Å². The molecular weight excluding hydrogens is 284 g/mol. The van der Waals surface area contributed by atoms with Crippen LogP contribution >= 0.6 is 11.3 Å². The molecule has 0 aliphatic carbocycles. The molecule has 19 heavy (non-hydrogen) atoms. The predicted molar refractivity (Wildman–Crippen MR) is 72.8 cm³/mol. The third kappa shape index (κ3) is 3.46. The Labute approximate surface area is 115 Å². The number of hydrogen-bond acceptors (Lipinski definition) is 5. The molecule has 2 rings (SSSR count). The topological polar surface area (TPSA) is 76.1 Å². The molecule has 0 unspecified atom stereocenters. The van der Waals surface area contributed by atoms with E-state index in [0.29, 0.717) is 10.6 Å². The molecule has 7 heteroatoms. The molecule has 0 saturated carbocycles. The summed E-state index contributed by atoms with van der Waals surface area (Å²) in [5, 5.41) is 0.662. The monoisotopic (exact) mass is 296 g/mol. The van der Waals surface area contributed by atoms with Crippen molar-refractivity contribution in [3.8, 4) is 0 Å². The minimum atomic E-state index is -3.66. The van der Waals surface area contributed by atoms with E-state index in [1.54, 1.807) is 37.3 Å². The number of Topliss-reactive ketones (excluding diaryl/α,β-unsaturated/α-hetero) is 1. The maximum atomic E-state index is 11.9. The van der Waals surface area contributed by atoms with Gasteiger partial charge in [-0.3, -0.25) is 4.79 Å². The van der Waals surface area contributed by atoms with Crippen molar-refractivity contribution in [2.75, 3.05) is 6.54 Å². The van der Waals surface area contributed by atoms with Crippen LogP contribution in [0.1, 0.15) is 15.4 Å². The third-order valence-corrected chi connectivity index (χ3v) is 5.16. The first-order valence-electron chi connectivity index (χ1n) is 5.49. The zero-order chi connectivity index (χ0) is 13.9. The molecule has 1 heterocycles. The van der Waals surface area contributed by atoms with Crippen LogP contribution in [-0.4, -0.2) is 25.7 Å². The van der Waals surface area contributed by atoms with Gasteiger partial charge in [0.25, 0.3) is 10.0 Å². The van der Waals surface area contributed by atoms with Crippen LogP contribution in [-0.2, 0) is 10.0 Å². The molecule has 0 fully saturated rings. The Kier molecular flexibility index (Phi) is 4.08. The number of ketones is 1. The average Bonchev–Trinajstić information content (AvgIpc) is 2.85. The van der Waals surface area contributed by atoms with Crippen LogP contribution in [0.4, 0.5) is 0 Å². The number of rotatable bonds is 5. The molecule has 1 N–H and O–H groups in total. The van der Waals surface area contributed by atoms with Crippen molar-refractivity contribution in [3.63, 3.8) is 0 Å². The molecule has 0 spiro atoms. The first kappa shape index (κ1) is 13.9. The van der Waals surface area contributed by atoms with Crippen LogP contribution in [0.2, 0.25) is 0 Å². The highest BCUT2D eigenvalue weighted by atomic mass is 32.2. The number of thiazole rings is 1. The summed E-state index contributed by atoms with van der Waals surface area (Å²) in [5.41, 5.74) is 0.477. The highest BCUT2D eigenvalue weighted by molar-refractivity contribution is 7.91. The van der Waals surface area contributed by atoms with Crippen molar-refractivity contribution < 1.29 is 13.2 Å². The summed E-state index contributed by atoms with van der Waals surface area (Å²) in [6.45, 7) is 1.46. The maximum Gasteiger partial charge on any atom is 0.252 e. The van der Waals surface area contributed by atoms with Gasteiger partial charge in [-0.15, -0.1) is 11.3 Å². The number of hydrogen-bond donors (Lipinski definition) is 1. The molecule has 0 aliphatic heterocycles. The second kappa shape index (κ2) is 5.60. The van der Waals surface area contributed by atoms with Gasteiger partial charge in [-0.2, -0.15) is 0 Å². The SMILES string of the molecule is Cc1ncc(S(=O)(=O)NCC(=O)c2ccccc2)s1. The van der Waals surface area contributed by atoms with Gasteiger partial charge in [0.15, 0.2) is 9.99 Å². The van der Waals surface area contributed by atoms with Crippen LogP contribution in [0.5, 0.6) is 0 Å². The normalized spacial score (nSPS) is 11.4. The van der Waals surface area contributed by atoms with Crippen molar-refractivity contribution in [1.82, 2.24) is 9.71 Å². The lowest BCUT2D eigenvalue weighted by Gasteiger charge is -2.03. The van der Waals surface area contributed by atoms with Gasteiger partial charge in [0.2, 0.25) is 0 Å². The number of sulfonamides is 1. The number of aryl methyl sites for hydroxylation is 1. The lowest BCUT2D eigenvalue weighted by Crippen LogP contribution is -2.29. The van der Waals surface area contributed by atoms with Crippen molar-refractivity contribution in [1.29, 1.82) is 0 Å². The summed E-state index contributed by atoms with van der Waals surface area (Å²) < 4.78 is 26.2. The summed E-state index contributed by atoms with van der Waals surface area (Å²) in [7, 11) is -3.66. The number of carbonyl (C=O) groups is 1.